The summed E-state index contributed by atoms with van der Waals surface area (Å²) in [7, 11) is 0. The maximum atomic E-state index is 13.6. The molecule has 0 radical (unpaired) electrons. The number of esters is 1. The molecule has 2 aliphatic heterocycles. The monoisotopic (exact) mass is 369 g/mol. The van der Waals surface area contributed by atoms with Crippen molar-refractivity contribution in [3.8, 4) is 0 Å². The van der Waals surface area contributed by atoms with Gasteiger partial charge in [0.1, 0.15) is 12.4 Å². The van der Waals surface area contributed by atoms with Crippen LogP contribution in [0, 0.1) is 5.82 Å². The van der Waals surface area contributed by atoms with Gasteiger partial charge in [0, 0.05) is 17.2 Å². The molecule has 1 atom stereocenters. The second kappa shape index (κ2) is 6.61. The maximum absolute atomic E-state index is 13.6. The SMILES string of the molecule is CSc1ccc(C2CC(=O)N(c3cccc(F)c3)C3=C2C(=O)OC3)cc1. The van der Waals surface area contributed by atoms with Gasteiger partial charge in [-0.15, -0.1) is 11.8 Å². The first-order valence-electron chi connectivity index (χ1n) is 8.21. The first kappa shape index (κ1) is 16.8. The molecule has 0 bridgehead atoms. The molecular formula is C20H16FNO3S. The lowest BCUT2D eigenvalue weighted by molar-refractivity contribution is -0.136. The summed E-state index contributed by atoms with van der Waals surface area (Å²) in [5, 5.41) is 0. The number of benzene rings is 2. The summed E-state index contributed by atoms with van der Waals surface area (Å²) in [5.74, 6) is -1.36. The molecule has 4 nitrogen and oxygen atoms in total. The number of hydrogen-bond donors (Lipinski definition) is 0. The number of amides is 1. The van der Waals surface area contributed by atoms with E-state index < -0.39 is 11.8 Å². The lowest BCUT2D eigenvalue weighted by Crippen LogP contribution is -2.37. The number of rotatable bonds is 3. The van der Waals surface area contributed by atoms with E-state index in [1.807, 2.05) is 30.5 Å². The Labute approximate surface area is 154 Å². The van der Waals surface area contributed by atoms with Gasteiger partial charge in [0.05, 0.1) is 17.0 Å². The second-order valence-corrected chi connectivity index (χ2v) is 7.06. The number of halogens is 1. The zero-order valence-corrected chi connectivity index (χ0v) is 14.9. The summed E-state index contributed by atoms with van der Waals surface area (Å²) < 4.78 is 18.9. The molecule has 0 aliphatic carbocycles. The molecule has 2 heterocycles. The zero-order valence-electron chi connectivity index (χ0n) is 14.1. The van der Waals surface area contributed by atoms with Crippen LogP contribution in [0.2, 0.25) is 0 Å². The van der Waals surface area contributed by atoms with E-state index in [1.165, 1.54) is 17.0 Å². The van der Waals surface area contributed by atoms with Gasteiger partial charge in [-0.3, -0.25) is 9.69 Å². The smallest absolute Gasteiger partial charge is 0.336 e. The van der Waals surface area contributed by atoms with Crippen LogP contribution in [-0.2, 0) is 14.3 Å². The van der Waals surface area contributed by atoms with E-state index in [4.69, 9.17) is 4.74 Å². The third kappa shape index (κ3) is 2.80. The maximum Gasteiger partial charge on any atom is 0.336 e. The molecule has 0 saturated carbocycles. The van der Waals surface area contributed by atoms with Crippen molar-refractivity contribution in [1.82, 2.24) is 0 Å². The molecule has 132 valence electrons. The van der Waals surface area contributed by atoms with Crippen molar-refractivity contribution < 1.29 is 18.7 Å². The van der Waals surface area contributed by atoms with Crippen LogP contribution >= 0.6 is 11.8 Å². The predicted octanol–water partition coefficient (Wildman–Crippen LogP) is 3.88. The number of carbonyl (C=O) groups is 2. The van der Waals surface area contributed by atoms with Crippen molar-refractivity contribution in [2.45, 2.75) is 17.2 Å². The first-order chi connectivity index (χ1) is 12.6. The van der Waals surface area contributed by atoms with E-state index in [9.17, 15) is 14.0 Å². The minimum atomic E-state index is -0.433. The Morgan fingerprint density at radius 3 is 2.62 bits per heavy atom. The number of thioether (sulfide) groups is 1. The van der Waals surface area contributed by atoms with Crippen molar-refractivity contribution in [2.75, 3.05) is 17.8 Å². The normalized spacial score (nSPS) is 19.6. The van der Waals surface area contributed by atoms with Crippen LogP contribution in [-0.4, -0.2) is 24.7 Å². The number of carbonyl (C=O) groups excluding carboxylic acids is 2. The molecule has 0 spiro atoms. The summed E-state index contributed by atoms with van der Waals surface area (Å²) in [5.41, 5.74) is 2.32. The van der Waals surface area contributed by atoms with Gasteiger partial charge in [0.15, 0.2) is 0 Å². The zero-order chi connectivity index (χ0) is 18.3. The molecule has 1 amide bonds. The Kier molecular flexibility index (Phi) is 4.28. The van der Waals surface area contributed by atoms with Crippen LogP contribution in [0.1, 0.15) is 17.9 Å². The Hall–Kier alpha value is -2.60. The van der Waals surface area contributed by atoms with Gasteiger partial charge in [0.25, 0.3) is 0 Å². The highest BCUT2D eigenvalue weighted by molar-refractivity contribution is 7.98. The van der Waals surface area contributed by atoms with E-state index in [-0.39, 0.29) is 24.9 Å². The quantitative estimate of drug-likeness (QED) is 0.609. The van der Waals surface area contributed by atoms with Crippen molar-refractivity contribution in [1.29, 1.82) is 0 Å². The van der Waals surface area contributed by atoms with Gasteiger partial charge < -0.3 is 4.74 Å². The number of hydrogen-bond acceptors (Lipinski definition) is 4. The first-order valence-corrected chi connectivity index (χ1v) is 9.43. The van der Waals surface area contributed by atoms with Gasteiger partial charge in [0.2, 0.25) is 5.91 Å². The Morgan fingerprint density at radius 1 is 1.15 bits per heavy atom. The third-order valence-electron chi connectivity index (χ3n) is 4.70. The predicted molar refractivity (Wildman–Crippen MR) is 97.5 cm³/mol. The fraction of sp³-hybridized carbons (Fsp3) is 0.200. The third-order valence-corrected chi connectivity index (χ3v) is 5.45. The molecule has 2 aliphatic rings. The van der Waals surface area contributed by atoms with Crippen molar-refractivity contribution in [2.24, 2.45) is 0 Å². The fourth-order valence-corrected chi connectivity index (χ4v) is 3.90. The lowest BCUT2D eigenvalue weighted by atomic mass is 9.84. The van der Waals surface area contributed by atoms with E-state index in [1.54, 1.807) is 23.9 Å². The second-order valence-electron chi connectivity index (χ2n) is 6.18. The minimum absolute atomic E-state index is 0.0236. The molecular weight excluding hydrogens is 353 g/mol. The number of cyclic esters (lactones) is 1. The van der Waals surface area contributed by atoms with Crippen LogP contribution in [0.15, 0.2) is 64.7 Å². The van der Waals surface area contributed by atoms with Crippen LogP contribution in [0.4, 0.5) is 10.1 Å². The topological polar surface area (TPSA) is 46.6 Å². The molecule has 2 aromatic carbocycles. The van der Waals surface area contributed by atoms with Crippen LogP contribution in [0.25, 0.3) is 0 Å². The van der Waals surface area contributed by atoms with Gasteiger partial charge in [-0.2, -0.15) is 0 Å². The van der Waals surface area contributed by atoms with E-state index >= 15 is 0 Å². The largest absolute Gasteiger partial charge is 0.456 e. The van der Waals surface area contributed by atoms with E-state index in [2.05, 4.69) is 0 Å². The van der Waals surface area contributed by atoms with Crippen LogP contribution in [0.5, 0.6) is 0 Å². The average molecular weight is 369 g/mol. The molecule has 2 aromatic rings. The fourth-order valence-electron chi connectivity index (χ4n) is 3.49. The highest BCUT2D eigenvalue weighted by Crippen LogP contribution is 2.42. The van der Waals surface area contributed by atoms with Gasteiger partial charge in [-0.25, -0.2) is 9.18 Å². The Bertz CT molecular complexity index is 923. The van der Waals surface area contributed by atoms with E-state index in [0.29, 0.717) is 17.0 Å². The van der Waals surface area contributed by atoms with E-state index in [0.717, 1.165) is 10.5 Å². The van der Waals surface area contributed by atoms with Gasteiger partial charge >= 0.3 is 5.97 Å². The lowest BCUT2D eigenvalue weighted by Gasteiger charge is -2.31. The molecule has 1 unspecified atom stereocenters. The Morgan fingerprint density at radius 2 is 1.92 bits per heavy atom. The van der Waals surface area contributed by atoms with Crippen molar-refractivity contribution >= 4 is 29.3 Å². The summed E-state index contributed by atoms with van der Waals surface area (Å²) in [6.07, 6.45) is 2.13. The molecule has 0 N–H and O–H groups in total. The van der Waals surface area contributed by atoms with Crippen LogP contribution < -0.4 is 4.90 Å². The van der Waals surface area contributed by atoms with Gasteiger partial charge in [-0.1, -0.05) is 18.2 Å². The summed E-state index contributed by atoms with van der Waals surface area (Å²) >= 11 is 1.63. The number of anilines is 1. The number of nitrogens with zero attached hydrogens (tertiary/aromatic N) is 1. The summed E-state index contributed by atoms with van der Waals surface area (Å²) in [4.78, 5) is 27.8. The highest BCUT2D eigenvalue weighted by atomic mass is 32.2. The molecule has 6 heteroatoms. The van der Waals surface area contributed by atoms with Crippen molar-refractivity contribution in [3.63, 3.8) is 0 Å². The molecule has 0 fully saturated rings. The van der Waals surface area contributed by atoms with Gasteiger partial charge in [-0.05, 0) is 42.2 Å². The minimum Gasteiger partial charge on any atom is -0.456 e. The standard InChI is InChI=1S/C20H16FNO3S/c1-26-15-7-5-12(6-8-15)16-10-18(23)22(14-4-2-3-13(21)9-14)17-11-25-20(24)19(16)17/h2-9,16H,10-11H2,1H3. The molecule has 0 aromatic heterocycles. The highest BCUT2D eigenvalue weighted by Gasteiger charge is 2.42. The van der Waals surface area contributed by atoms with Crippen LogP contribution in [0.3, 0.4) is 0 Å². The molecule has 26 heavy (non-hydrogen) atoms. The Balaban J connectivity index is 1.80. The molecule has 0 saturated heterocycles. The summed E-state index contributed by atoms with van der Waals surface area (Å²) in [6.45, 7) is 0.0236. The molecule has 4 rings (SSSR count). The summed E-state index contributed by atoms with van der Waals surface area (Å²) in [6, 6.07) is 13.6. The number of ether oxygens (including phenoxy) is 1. The average Bonchev–Trinajstić information content (AvgIpc) is 3.02. The van der Waals surface area contributed by atoms with Crippen molar-refractivity contribution in [3.05, 3.63) is 71.2 Å².